The fourth-order valence-corrected chi connectivity index (χ4v) is 4.46. The van der Waals surface area contributed by atoms with E-state index in [4.69, 9.17) is 9.47 Å². The van der Waals surface area contributed by atoms with Crippen molar-refractivity contribution in [2.75, 3.05) is 50.1 Å². The highest BCUT2D eigenvalue weighted by atomic mass is 32.1. The van der Waals surface area contributed by atoms with Crippen molar-refractivity contribution in [3.8, 4) is 6.07 Å². The number of benzene rings is 1. The number of ether oxygens (including phenoxy) is 2. The van der Waals surface area contributed by atoms with Gasteiger partial charge < -0.3 is 20.1 Å². The quantitative estimate of drug-likeness (QED) is 0.378. The van der Waals surface area contributed by atoms with Crippen molar-refractivity contribution in [1.29, 1.82) is 5.26 Å². The maximum Gasteiger partial charge on any atom is 0.352 e. The van der Waals surface area contributed by atoms with Crippen LogP contribution in [0.3, 0.4) is 0 Å². The number of anilines is 2. The van der Waals surface area contributed by atoms with Crippen LogP contribution in [0, 0.1) is 11.3 Å². The molecule has 35 heavy (non-hydrogen) atoms. The second-order valence-electron chi connectivity index (χ2n) is 7.50. The van der Waals surface area contributed by atoms with E-state index in [0.717, 1.165) is 24.4 Å². The lowest BCUT2D eigenvalue weighted by Gasteiger charge is -2.25. The molecule has 11 heteroatoms. The van der Waals surface area contributed by atoms with Gasteiger partial charge in [-0.15, -0.1) is 11.3 Å². The number of carbonyl (C=O) groups is 2. The summed E-state index contributed by atoms with van der Waals surface area (Å²) in [6.45, 7) is 8.45. The maximum absolute atomic E-state index is 12.8. The SMILES string of the molecule is C=CCOC(=O)C(C#N)=c1sc(=CNc2cccc(NC(=O)CN3CCOCC3)c2)c(=O)n1CC. The highest BCUT2D eigenvalue weighted by Gasteiger charge is 2.17. The minimum atomic E-state index is -0.809. The van der Waals surface area contributed by atoms with Crippen molar-refractivity contribution < 1.29 is 19.1 Å². The van der Waals surface area contributed by atoms with E-state index in [1.807, 2.05) is 11.0 Å². The number of morpholine rings is 1. The van der Waals surface area contributed by atoms with Crippen molar-refractivity contribution >= 4 is 46.4 Å². The average molecular weight is 498 g/mol. The summed E-state index contributed by atoms with van der Waals surface area (Å²) in [6, 6.07) is 8.94. The Labute approximate surface area is 206 Å². The fraction of sp³-hybridized carbons (Fsp3) is 0.333. The number of thiazole rings is 1. The summed E-state index contributed by atoms with van der Waals surface area (Å²) in [4.78, 5) is 39.5. The number of aromatic nitrogens is 1. The monoisotopic (exact) mass is 497 g/mol. The molecule has 1 aromatic heterocycles. The summed E-state index contributed by atoms with van der Waals surface area (Å²) in [5.41, 5.74) is 0.700. The second-order valence-corrected chi connectivity index (χ2v) is 8.53. The Morgan fingerprint density at radius 2 is 2.06 bits per heavy atom. The molecular weight excluding hydrogens is 470 g/mol. The molecule has 0 saturated carbocycles. The van der Waals surface area contributed by atoms with Crippen LogP contribution in [0.5, 0.6) is 0 Å². The first-order valence-electron chi connectivity index (χ1n) is 11.1. The van der Waals surface area contributed by atoms with Gasteiger partial charge in [-0.05, 0) is 25.1 Å². The predicted octanol–water partition coefficient (Wildman–Crippen LogP) is 0.454. The van der Waals surface area contributed by atoms with Gasteiger partial charge in [0.25, 0.3) is 5.56 Å². The number of hydrogen-bond acceptors (Lipinski definition) is 9. The van der Waals surface area contributed by atoms with Gasteiger partial charge in [-0.2, -0.15) is 5.26 Å². The van der Waals surface area contributed by atoms with E-state index >= 15 is 0 Å². The number of esters is 1. The third-order valence-corrected chi connectivity index (χ3v) is 6.20. The largest absolute Gasteiger partial charge is 0.457 e. The Balaban J connectivity index is 1.80. The Morgan fingerprint density at radius 1 is 1.31 bits per heavy atom. The lowest BCUT2D eigenvalue weighted by atomic mass is 10.2. The number of hydrogen-bond donors (Lipinski definition) is 2. The van der Waals surface area contributed by atoms with Crippen LogP contribution in [-0.4, -0.2) is 60.8 Å². The van der Waals surface area contributed by atoms with Crippen LogP contribution in [0.4, 0.5) is 11.4 Å². The van der Waals surface area contributed by atoms with Gasteiger partial charge in [-0.1, -0.05) is 18.7 Å². The van der Waals surface area contributed by atoms with E-state index in [-0.39, 0.29) is 41.4 Å². The number of nitrogens with one attached hydrogen (secondary N) is 2. The molecule has 184 valence electrons. The molecule has 2 N–H and O–H groups in total. The van der Waals surface area contributed by atoms with Gasteiger partial charge in [-0.3, -0.25) is 19.1 Å². The molecule has 0 radical (unpaired) electrons. The molecule has 1 fully saturated rings. The Kier molecular flexibility index (Phi) is 9.37. The van der Waals surface area contributed by atoms with E-state index in [1.165, 1.54) is 16.8 Å². The molecule has 2 aromatic rings. The molecule has 0 aliphatic carbocycles. The third kappa shape index (κ3) is 6.89. The molecule has 1 amide bonds. The molecular formula is C24H27N5O5S. The van der Waals surface area contributed by atoms with Crippen LogP contribution in [0.2, 0.25) is 0 Å². The smallest absolute Gasteiger partial charge is 0.352 e. The summed E-state index contributed by atoms with van der Waals surface area (Å²) in [5, 5.41) is 15.4. The molecule has 1 aliphatic heterocycles. The Bertz CT molecular complexity index is 1300. The third-order valence-electron chi connectivity index (χ3n) is 5.07. The van der Waals surface area contributed by atoms with Gasteiger partial charge in [0.15, 0.2) is 5.57 Å². The van der Waals surface area contributed by atoms with Crippen molar-refractivity contribution in [2.45, 2.75) is 13.5 Å². The normalized spacial score (nSPS) is 15.1. The van der Waals surface area contributed by atoms with Crippen LogP contribution in [0.25, 0.3) is 11.8 Å². The van der Waals surface area contributed by atoms with Crippen molar-refractivity contribution in [3.05, 3.63) is 56.5 Å². The van der Waals surface area contributed by atoms with Crippen molar-refractivity contribution in [1.82, 2.24) is 9.47 Å². The minimum absolute atomic E-state index is 0.0361. The molecule has 1 aromatic carbocycles. The predicted molar refractivity (Wildman–Crippen MR) is 134 cm³/mol. The molecule has 1 aliphatic rings. The number of nitrogens with zero attached hydrogens (tertiary/aromatic N) is 3. The topological polar surface area (TPSA) is 126 Å². The molecule has 0 spiro atoms. The summed E-state index contributed by atoms with van der Waals surface area (Å²) in [6.07, 6.45) is 2.91. The zero-order valence-electron chi connectivity index (χ0n) is 19.4. The standard InChI is InChI=1S/C24H27N5O5S/c1-3-10-34-24(32)19(14-25)23-29(4-2)22(31)20(35-23)15-26-17-6-5-7-18(13-17)27-21(30)16-28-8-11-33-12-9-28/h3,5-7,13,15,26H,1,4,8-12,16H2,2H3,(H,27,30). The van der Waals surface area contributed by atoms with Gasteiger partial charge in [0.1, 0.15) is 21.9 Å². The molecule has 10 nitrogen and oxygen atoms in total. The van der Waals surface area contributed by atoms with E-state index in [0.29, 0.717) is 29.1 Å². The zero-order chi connectivity index (χ0) is 25.2. The van der Waals surface area contributed by atoms with E-state index in [9.17, 15) is 19.6 Å². The average Bonchev–Trinajstić information content (AvgIpc) is 3.17. The van der Waals surface area contributed by atoms with Crippen LogP contribution in [0.15, 0.2) is 41.7 Å². The Hall–Kier alpha value is -3.72. The van der Waals surface area contributed by atoms with Crippen LogP contribution < -0.4 is 25.4 Å². The minimum Gasteiger partial charge on any atom is -0.457 e. The molecule has 0 bridgehead atoms. The van der Waals surface area contributed by atoms with E-state index < -0.39 is 5.97 Å². The zero-order valence-corrected chi connectivity index (χ0v) is 20.2. The number of amides is 1. The molecule has 1 saturated heterocycles. The van der Waals surface area contributed by atoms with E-state index in [1.54, 1.807) is 31.2 Å². The highest BCUT2D eigenvalue weighted by Crippen LogP contribution is 2.15. The van der Waals surface area contributed by atoms with Crippen LogP contribution in [-0.2, 0) is 25.6 Å². The number of nitriles is 1. The Morgan fingerprint density at radius 3 is 2.74 bits per heavy atom. The second kappa shape index (κ2) is 12.7. The highest BCUT2D eigenvalue weighted by molar-refractivity contribution is 7.07. The summed E-state index contributed by atoms with van der Waals surface area (Å²) in [7, 11) is 0. The number of rotatable bonds is 9. The number of carbonyl (C=O) groups excluding carboxylic acids is 2. The first-order valence-corrected chi connectivity index (χ1v) is 11.9. The summed E-state index contributed by atoms with van der Waals surface area (Å²) >= 11 is 1.02. The van der Waals surface area contributed by atoms with Crippen molar-refractivity contribution in [3.63, 3.8) is 0 Å². The molecule has 0 unspecified atom stereocenters. The fourth-order valence-electron chi connectivity index (χ4n) is 3.38. The maximum atomic E-state index is 12.8. The van der Waals surface area contributed by atoms with Crippen molar-refractivity contribution in [2.24, 2.45) is 0 Å². The molecule has 2 heterocycles. The summed E-state index contributed by atoms with van der Waals surface area (Å²) in [5.74, 6) is -0.930. The first-order chi connectivity index (χ1) is 17.0. The van der Waals surface area contributed by atoms with Gasteiger partial charge in [0.05, 0.1) is 19.8 Å². The summed E-state index contributed by atoms with van der Waals surface area (Å²) < 4.78 is 12.2. The van der Waals surface area contributed by atoms with Gasteiger partial charge >= 0.3 is 5.97 Å². The van der Waals surface area contributed by atoms with Gasteiger partial charge in [0, 0.05) is 37.2 Å². The lowest BCUT2D eigenvalue weighted by Crippen LogP contribution is -2.41. The van der Waals surface area contributed by atoms with E-state index in [2.05, 4.69) is 17.2 Å². The first kappa shape index (κ1) is 25.9. The van der Waals surface area contributed by atoms with Gasteiger partial charge in [-0.25, -0.2) is 4.79 Å². The lowest BCUT2D eigenvalue weighted by molar-refractivity contribution is -0.135. The molecule has 3 rings (SSSR count). The van der Waals surface area contributed by atoms with Crippen LogP contribution >= 0.6 is 11.3 Å². The van der Waals surface area contributed by atoms with Crippen LogP contribution in [0.1, 0.15) is 6.92 Å². The van der Waals surface area contributed by atoms with Gasteiger partial charge in [0.2, 0.25) is 5.91 Å². The molecule has 0 atom stereocenters.